The second kappa shape index (κ2) is 10.4. The van der Waals surface area contributed by atoms with E-state index in [1.54, 1.807) is 20.8 Å². The third-order valence-electron chi connectivity index (χ3n) is 4.20. The fraction of sp³-hybridized carbons (Fsp3) is 0.526. The third kappa shape index (κ3) is 6.74. The van der Waals surface area contributed by atoms with Crippen LogP contribution >= 0.6 is 0 Å². The average Bonchev–Trinajstić information content (AvgIpc) is 2.61. The number of hydrogen-bond acceptors (Lipinski definition) is 5. The fourth-order valence-electron chi connectivity index (χ4n) is 2.34. The number of nitrogens with one attached hydrogen (secondary N) is 2. The lowest BCUT2D eigenvalue weighted by molar-refractivity contribution is -0.309. The van der Waals surface area contributed by atoms with Crippen molar-refractivity contribution in [3.63, 3.8) is 0 Å². The molecule has 1 aromatic carbocycles. The molecule has 0 aromatic heterocycles. The highest BCUT2D eigenvalue weighted by Crippen LogP contribution is 2.10. The van der Waals surface area contributed by atoms with Gasteiger partial charge < -0.3 is 25.3 Å². The van der Waals surface area contributed by atoms with Crippen molar-refractivity contribution in [1.82, 2.24) is 10.6 Å². The van der Waals surface area contributed by atoms with Crippen LogP contribution in [0.4, 0.5) is 4.79 Å². The van der Waals surface area contributed by atoms with E-state index in [4.69, 9.17) is 4.74 Å². The number of carboxylic acids is 1. The summed E-state index contributed by atoms with van der Waals surface area (Å²) in [6.45, 7) is 7.12. The monoisotopic (exact) mass is 363 g/mol. The zero-order valence-electron chi connectivity index (χ0n) is 15.7. The van der Waals surface area contributed by atoms with E-state index in [-0.39, 0.29) is 18.4 Å². The molecule has 0 aliphatic rings. The van der Waals surface area contributed by atoms with Gasteiger partial charge in [-0.1, -0.05) is 64.4 Å². The van der Waals surface area contributed by atoms with Gasteiger partial charge in [-0.15, -0.1) is 0 Å². The zero-order chi connectivity index (χ0) is 19.7. The Kier molecular flexibility index (Phi) is 8.61. The quantitative estimate of drug-likeness (QED) is 0.686. The number of carbonyl (C=O) groups is 3. The minimum Gasteiger partial charge on any atom is -0.548 e. The molecule has 1 rings (SSSR count). The van der Waals surface area contributed by atoms with Crippen LogP contribution in [0, 0.1) is 11.8 Å². The molecule has 0 radical (unpaired) electrons. The predicted octanol–water partition coefficient (Wildman–Crippen LogP) is 1.22. The van der Waals surface area contributed by atoms with Crippen LogP contribution in [-0.4, -0.2) is 30.1 Å². The van der Waals surface area contributed by atoms with Crippen LogP contribution in [-0.2, 0) is 20.9 Å². The Hall–Kier alpha value is -2.57. The van der Waals surface area contributed by atoms with Crippen LogP contribution < -0.4 is 15.7 Å². The molecule has 0 saturated heterocycles. The molecule has 0 aliphatic heterocycles. The maximum atomic E-state index is 12.5. The average molecular weight is 363 g/mol. The van der Waals surface area contributed by atoms with Gasteiger partial charge in [0.05, 0.1) is 12.0 Å². The maximum Gasteiger partial charge on any atom is 0.408 e. The Morgan fingerprint density at radius 2 is 1.65 bits per heavy atom. The summed E-state index contributed by atoms with van der Waals surface area (Å²) in [6.07, 6.45) is -0.172. The molecule has 7 heteroatoms. The first-order valence-corrected chi connectivity index (χ1v) is 8.74. The van der Waals surface area contributed by atoms with Crippen molar-refractivity contribution in [1.29, 1.82) is 0 Å². The van der Waals surface area contributed by atoms with Crippen LogP contribution in [0.2, 0.25) is 0 Å². The van der Waals surface area contributed by atoms with Crippen LogP contribution in [0.25, 0.3) is 0 Å². The molecule has 0 fully saturated rings. The number of rotatable bonds is 9. The minimum absolute atomic E-state index is 0.0770. The molecule has 3 atom stereocenters. The summed E-state index contributed by atoms with van der Waals surface area (Å²) >= 11 is 0. The maximum absolute atomic E-state index is 12.5. The number of amides is 2. The lowest BCUT2D eigenvalue weighted by Crippen LogP contribution is -2.57. The molecule has 2 amide bonds. The normalized spacial score (nSPS) is 14.2. The Bertz CT molecular complexity index is 603. The molecule has 1 aromatic rings. The second-order valence-electron chi connectivity index (χ2n) is 6.62. The summed E-state index contributed by atoms with van der Waals surface area (Å²) in [6, 6.07) is 7.12. The molecular weight excluding hydrogens is 336 g/mol. The third-order valence-corrected chi connectivity index (χ3v) is 4.20. The lowest BCUT2D eigenvalue weighted by Gasteiger charge is -2.29. The van der Waals surface area contributed by atoms with Crippen molar-refractivity contribution >= 4 is 18.0 Å². The van der Waals surface area contributed by atoms with Crippen LogP contribution in [0.1, 0.15) is 39.7 Å². The Labute approximate surface area is 154 Å². The van der Waals surface area contributed by atoms with E-state index in [0.29, 0.717) is 6.42 Å². The Morgan fingerprint density at radius 1 is 1.04 bits per heavy atom. The number of carbonyl (C=O) groups excluding carboxylic acids is 3. The van der Waals surface area contributed by atoms with Crippen LogP contribution in [0.15, 0.2) is 30.3 Å². The summed E-state index contributed by atoms with van der Waals surface area (Å²) in [5.41, 5.74) is 0.821. The van der Waals surface area contributed by atoms with Gasteiger partial charge in [-0.05, 0) is 17.4 Å². The predicted molar refractivity (Wildman–Crippen MR) is 94.8 cm³/mol. The van der Waals surface area contributed by atoms with E-state index in [9.17, 15) is 19.5 Å². The van der Waals surface area contributed by atoms with Crippen molar-refractivity contribution in [2.45, 2.75) is 52.8 Å². The van der Waals surface area contributed by atoms with Gasteiger partial charge in [0, 0.05) is 0 Å². The largest absolute Gasteiger partial charge is 0.548 e. The Morgan fingerprint density at radius 3 is 2.15 bits per heavy atom. The SMILES string of the molecule is CC[C@H](C)[C@H](NC(=O)[C@H](NC(=O)OCc1ccccc1)C(C)C)C(=O)[O-]. The number of benzene rings is 1. The standard InChI is InChI=1S/C19H28N2O5/c1-5-13(4)16(18(23)24)20-17(22)15(12(2)3)21-19(25)26-11-14-9-7-6-8-10-14/h6-10,12-13,15-16H,5,11H2,1-4H3,(H,20,22)(H,21,25)(H,23,24)/p-1/t13-,15+,16-/m0/s1. The topological polar surface area (TPSA) is 108 Å². The van der Waals surface area contributed by atoms with Crippen molar-refractivity contribution in [2.24, 2.45) is 11.8 Å². The van der Waals surface area contributed by atoms with E-state index in [1.165, 1.54) is 0 Å². The summed E-state index contributed by atoms with van der Waals surface area (Å²) in [5, 5.41) is 16.2. The summed E-state index contributed by atoms with van der Waals surface area (Å²) in [4.78, 5) is 35.7. The molecule has 144 valence electrons. The highest BCUT2D eigenvalue weighted by atomic mass is 16.5. The van der Waals surface area contributed by atoms with Crippen LogP contribution in [0.3, 0.4) is 0 Å². The molecule has 0 saturated carbocycles. The van der Waals surface area contributed by atoms with Gasteiger partial charge >= 0.3 is 6.09 Å². The summed E-state index contributed by atoms with van der Waals surface area (Å²) in [5.74, 6) is -2.46. The molecule has 7 nitrogen and oxygen atoms in total. The van der Waals surface area contributed by atoms with Gasteiger partial charge in [0.1, 0.15) is 12.6 Å². The van der Waals surface area contributed by atoms with Gasteiger partial charge in [0.15, 0.2) is 0 Å². The van der Waals surface area contributed by atoms with Crippen molar-refractivity contribution in [3.05, 3.63) is 35.9 Å². The molecule has 0 bridgehead atoms. The number of aliphatic carboxylic acids is 1. The molecular formula is C19H27N2O5-. The zero-order valence-corrected chi connectivity index (χ0v) is 15.7. The highest BCUT2D eigenvalue weighted by Gasteiger charge is 2.28. The first-order chi connectivity index (χ1) is 12.3. The molecule has 26 heavy (non-hydrogen) atoms. The van der Waals surface area contributed by atoms with Crippen molar-refractivity contribution in [2.75, 3.05) is 0 Å². The van der Waals surface area contributed by atoms with E-state index in [1.807, 2.05) is 37.3 Å². The van der Waals surface area contributed by atoms with Gasteiger partial charge in [-0.3, -0.25) is 4.79 Å². The van der Waals surface area contributed by atoms with Gasteiger partial charge in [0.25, 0.3) is 0 Å². The first kappa shape index (κ1) is 21.5. The second-order valence-corrected chi connectivity index (χ2v) is 6.62. The smallest absolute Gasteiger partial charge is 0.408 e. The lowest BCUT2D eigenvalue weighted by atomic mass is 9.97. The van der Waals surface area contributed by atoms with E-state index >= 15 is 0 Å². The minimum atomic E-state index is -1.35. The Balaban J connectivity index is 2.67. The fourth-order valence-corrected chi connectivity index (χ4v) is 2.34. The number of hydrogen-bond donors (Lipinski definition) is 2. The number of carboxylic acid groups (broad SMARTS) is 1. The van der Waals surface area contributed by atoms with E-state index in [2.05, 4.69) is 10.6 Å². The molecule has 0 heterocycles. The number of ether oxygens (including phenoxy) is 1. The molecule has 2 N–H and O–H groups in total. The van der Waals surface area contributed by atoms with E-state index < -0.39 is 30.1 Å². The van der Waals surface area contributed by atoms with Crippen LogP contribution in [0.5, 0.6) is 0 Å². The molecule has 0 spiro atoms. The van der Waals surface area contributed by atoms with Crippen molar-refractivity contribution < 1.29 is 24.2 Å². The van der Waals surface area contributed by atoms with Gasteiger partial charge in [-0.2, -0.15) is 0 Å². The van der Waals surface area contributed by atoms with Crippen molar-refractivity contribution in [3.8, 4) is 0 Å². The summed E-state index contributed by atoms with van der Waals surface area (Å²) in [7, 11) is 0. The summed E-state index contributed by atoms with van der Waals surface area (Å²) < 4.78 is 5.12. The number of alkyl carbamates (subject to hydrolysis) is 1. The van der Waals surface area contributed by atoms with E-state index in [0.717, 1.165) is 5.56 Å². The van der Waals surface area contributed by atoms with Gasteiger partial charge in [0.2, 0.25) is 5.91 Å². The molecule has 0 unspecified atom stereocenters. The molecule has 0 aliphatic carbocycles. The first-order valence-electron chi connectivity index (χ1n) is 8.74. The highest BCUT2D eigenvalue weighted by molar-refractivity contribution is 5.89. The van der Waals surface area contributed by atoms with Gasteiger partial charge in [-0.25, -0.2) is 4.79 Å².